The van der Waals surface area contributed by atoms with Gasteiger partial charge in [-0.05, 0) is 26.8 Å². The summed E-state index contributed by atoms with van der Waals surface area (Å²) in [7, 11) is 0. The zero-order valence-electron chi connectivity index (χ0n) is 13.0. The fraction of sp³-hybridized carbons (Fsp3) is 0.533. The molecule has 1 saturated heterocycles. The molecule has 0 aromatic heterocycles. The minimum Gasteiger partial charge on any atom is -0.364 e. The Balaban J connectivity index is 2.07. The van der Waals surface area contributed by atoms with Gasteiger partial charge in [-0.2, -0.15) is 0 Å². The average molecular weight is 308 g/mol. The first-order valence-electron chi connectivity index (χ1n) is 7.42. The van der Waals surface area contributed by atoms with Crippen molar-refractivity contribution in [2.45, 2.75) is 39.0 Å². The molecule has 1 aromatic rings. The van der Waals surface area contributed by atoms with E-state index < -0.39 is 4.92 Å². The van der Waals surface area contributed by atoms with Crippen LogP contribution in [0.15, 0.2) is 24.3 Å². The van der Waals surface area contributed by atoms with Crippen LogP contribution in [0.1, 0.15) is 20.8 Å². The van der Waals surface area contributed by atoms with E-state index >= 15 is 0 Å². The highest BCUT2D eigenvalue weighted by molar-refractivity contribution is 5.95. The van der Waals surface area contributed by atoms with E-state index in [9.17, 15) is 14.9 Å². The summed E-state index contributed by atoms with van der Waals surface area (Å²) in [5.41, 5.74) is 0.139. The monoisotopic (exact) mass is 308 g/mol. The van der Waals surface area contributed by atoms with Crippen molar-refractivity contribution in [1.82, 2.24) is 0 Å². The average Bonchev–Trinajstić information content (AvgIpc) is 2.45. The predicted molar refractivity (Wildman–Crippen MR) is 81.9 cm³/mol. The van der Waals surface area contributed by atoms with Gasteiger partial charge < -0.3 is 15.0 Å². The molecule has 0 unspecified atom stereocenters. The number of morpholine rings is 1. The molecule has 2 N–H and O–H groups in total. The smallest absolute Gasteiger partial charge is 0.292 e. The molecule has 1 heterocycles. The summed E-state index contributed by atoms with van der Waals surface area (Å²) in [6.45, 7) is 7.31. The molecule has 0 saturated carbocycles. The molecule has 0 radical (unpaired) electrons. The van der Waals surface area contributed by atoms with E-state index in [0.29, 0.717) is 0 Å². The molecule has 120 valence electrons. The third-order valence-electron chi connectivity index (χ3n) is 3.93. The minimum atomic E-state index is -0.494. The summed E-state index contributed by atoms with van der Waals surface area (Å²) < 4.78 is 5.67. The molecule has 1 aromatic carbocycles. The van der Waals surface area contributed by atoms with E-state index in [1.165, 1.54) is 6.07 Å². The van der Waals surface area contributed by atoms with Crippen molar-refractivity contribution in [1.29, 1.82) is 0 Å². The number of hydrogen-bond acceptors (Lipinski definition) is 4. The van der Waals surface area contributed by atoms with E-state index in [2.05, 4.69) is 5.32 Å². The highest BCUT2D eigenvalue weighted by Gasteiger charge is 2.33. The summed E-state index contributed by atoms with van der Waals surface area (Å²) in [4.78, 5) is 24.0. The number of carbonyl (C=O) groups is 1. The van der Waals surface area contributed by atoms with Crippen molar-refractivity contribution < 1.29 is 19.4 Å². The van der Waals surface area contributed by atoms with Crippen molar-refractivity contribution >= 4 is 17.3 Å². The Kier molecular flexibility index (Phi) is 5.10. The van der Waals surface area contributed by atoms with Gasteiger partial charge in [0.1, 0.15) is 31.0 Å². The molecule has 1 amide bonds. The fourth-order valence-corrected chi connectivity index (χ4v) is 2.83. The Morgan fingerprint density at radius 1 is 1.36 bits per heavy atom. The summed E-state index contributed by atoms with van der Waals surface area (Å²) >= 11 is 0. The fourth-order valence-electron chi connectivity index (χ4n) is 2.83. The van der Waals surface area contributed by atoms with Gasteiger partial charge in [-0.3, -0.25) is 14.9 Å². The normalized spacial score (nSPS) is 26.2. The summed E-state index contributed by atoms with van der Waals surface area (Å²) in [6.07, 6.45) is 0.195. The molecule has 2 rings (SSSR count). The van der Waals surface area contributed by atoms with Crippen molar-refractivity contribution in [2.24, 2.45) is 0 Å². The molecule has 1 fully saturated rings. The van der Waals surface area contributed by atoms with Gasteiger partial charge in [-0.25, -0.2) is 0 Å². The van der Waals surface area contributed by atoms with Gasteiger partial charge >= 0.3 is 0 Å². The molecular formula is C15H22N3O4+. The van der Waals surface area contributed by atoms with Crippen LogP contribution in [-0.2, 0) is 9.53 Å². The van der Waals surface area contributed by atoms with Crippen LogP contribution in [0.5, 0.6) is 0 Å². The van der Waals surface area contributed by atoms with Crippen LogP contribution >= 0.6 is 0 Å². The van der Waals surface area contributed by atoms with Crippen LogP contribution in [0.3, 0.4) is 0 Å². The van der Waals surface area contributed by atoms with Crippen molar-refractivity contribution in [3.8, 4) is 0 Å². The van der Waals surface area contributed by atoms with Crippen molar-refractivity contribution in [3.63, 3.8) is 0 Å². The Hall–Kier alpha value is -1.99. The summed E-state index contributed by atoms with van der Waals surface area (Å²) in [5, 5.41) is 13.7. The van der Waals surface area contributed by atoms with Crippen LogP contribution in [0.25, 0.3) is 0 Å². The maximum atomic E-state index is 12.4. The van der Waals surface area contributed by atoms with Crippen LogP contribution in [0.2, 0.25) is 0 Å². The quantitative estimate of drug-likeness (QED) is 0.630. The van der Waals surface area contributed by atoms with Gasteiger partial charge in [0.2, 0.25) is 0 Å². The first kappa shape index (κ1) is 16.4. The molecule has 7 nitrogen and oxygen atoms in total. The van der Waals surface area contributed by atoms with Crippen molar-refractivity contribution in [2.75, 3.05) is 18.4 Å². The van der Waals surface area contributed by atoms with Gasteiger partial charge in [0.15, 0.2) is 6.04 Å². The molecule has 0 spiro atoms. The molecule has 0 aliphatic carbocycles. The van der Waals surface area contributed by atoms with Gasteiger partial charge in [-0.15, -0.1) is 0 Å². The van der Waals surface area contributed by atoms with E-state index in [4.69, 9.17) is 4.74 Å². The van der Waals surface area contributed by atoms with Gasteiger partial charge in [0.05, 0.1) is 4.92 Å². The van der Waals surface area contributed by atoms with Crippen LogP contribution in [0.4, 0.5) is 11.4 Å². The second-order valence-electron chi connectivity index (χ2n) is 5.81. The number of nitro groups is 1. The minimum absolute atomic E-state index is 0.0956. The van der Waals surface area contributed by atoms with E-state index in [1.807, 2.05) is 20.8 Å². The third-order valence-corrected chi connectivity index (χ3v) is 3.93. The summed E-state index contributed by atoms with van der Waals surface area (Å²) in [6, 6.07) is 5.87. The Morgan fingerprint density at radius 3 is 2.55 bits per heavy atom. The second kappa shape index (κ2) is 6.85. The van der Waals surface area contributed by atoms with Crippen LogP contribution in [0, 0.1) is 10.1 Å². The number of amides is 1. The van der Waals surface area contributed by atoms with E-state index in [-0.39, 0.29) is 35.5 Å². The topological polar surface area (TPSA) is 85.9 Å². The SMILES string of the molecule is C[C@@H]1C[NH+]([C@@H](C)C(=O)Nc2ccccc2[N+](=O)[O-])C[C@@H](C)O1. The number of para-hydroxylation sites is 2. The lowest BCUT2D eigenvalue weighted by Crippen LogP contribution is -3.19. The zero-order chi connectivity index (χ0) is 16.3. The van der Waals surface area contributed by atoms with Crippen LogP contribution < -0.4 is 10.2 Å². The third kappa shape index (κ3) is 3.80. The van der Waals surface area contributed by atoms with E-state index in [1.54, 1.807) is 18.2 Å². The molecule has 7 heteroatoms. The number of benzene rings is 1. The zero-order valence-corrected chi connectivity index (χ0v) is 13.0. The molecular weight excluding hydrogens is 286 g/mol. The molecule has 22 heavy (non-hydrogen) atoms. The van der Waals surface area contributed by atoms with Crippen LogP contribution in [-0.4, -0.2) is 42.2 Å². The number of quaternary nitrogens is 1. The standard InChI is InChI=1S/C15H21N3O4/c1-10-8-17(9-11(2)22-10)12(3)15(19)16-13-6-4-5-7-14(13)18(20)21/h4-7,10-12H,8-9H2,1-3H3,(H,16,19)/p+1/t10-,11-,12+/m1/s1. The maximum absolute atomic E-state index is 12.4. The Labute approximate surface area is 129 Å². The van der Waals surface area contributed by atoms with Gasteiger partial charge in [0.25, 0.3) is 11.6 Å². The van der Waals surface area contributed by atoms with Gasteiger partial charge in [-0.1, -0.05) is 12.1 Å². The maximum Gasteiger partial charge on any atom is 0.292 e. The first-order valence-corrected chi connectivity index (χ1v) is 7.42. The molecule has 1 aliphatic heterocycles. The predicted octanol–water partition coefficient (Wildman–Crippen LogP) is 0.614. The van der Waals surface area contributed by atoms with E-state index in [0.717, 1.165) is 18.0 Å². The number of nitro benzene ring substituents is 1. The Bertz CT molecular complexity index is 553. The summed E-state index contributed by atoms with van der Waals surface area (Å²) in [5.74, 6) is -0.217. The molecule has 0 bridgehead atoms. The highest BCUT2D eigenvalue weighted by atomic mass is 16.6. The Morgan fingerprint density at radius 2 is 1.95 bits per heavy atom. The largest absolute Gasteiger partial charge is 0.364 e. The number of anilines is 1. The number of rotatable bonds is 4. The lowest BCUT2D eigenvalue weighted by atomic mass is 10.1. The lowest BCUT2D eigenvalue weighted by molar-refractivity contribution is -0.928. The lowest BCUT2D eigenvalue weighted by Gasteiger charge is -2.35. The first-order chi connectivity index (χ1) is 10.4. The highest BCUT2D eigenvalue weighted by Crippen LogP contribution is 2.23. The number of carbonyl (C=O) groups excluding carboxylic acids is 1. The molecule has 3 atom stereocenters. The second-order valence-corrected chi connectivity index (χ2v) is 5.81. The number of nitrogens with zero attached hydrogens (tertiary/aromatic N) is 1. The van der Waals surface area contributed by atoms with Gasteiger partial charge in [0, 0.05) is 6.07 Å². The van der Waals surface area contributed by atoms with Crippen molar-refractivity contribution in [3.05, 3.63) is 34.4 Å². The number of nitrogens with one attached hydrogen (secondary N) is 2. The number of ether oxygens (including phenoxy) is 1. The number of hydrogen-bond donors (Lipinski definition) is 2. The molecule has 1 aliphatic rings.